The maximum atomic E-state index is 15.0. The molecule has 1 amide bonds. The van der Waals surface area contributed by atoms with Crippen molar-refractivity contribution in [3.63, 3.8) is 0 Å². The predicted octanol–water partition coefficient (Wildman–Crippen LogP) is 2.58. The number of methoxy groups -OCH3 is 1. The van der Waals surface area contributed by atoms with Crippen LogP contribution in [0, 0.1) is 5.82 Å². The molecule has 3 aromatic rings. The summed E-state index contributed by atoms with van der Waals surface area (Å²) in [6.45, 7) is 3.03. The van der Waals surface area contributed by atoms with Gasteiger partial charge in [-0.05, 0) is 61.2 Å². The van der Waals surface area contributed by atoms with E-state index in [0.717, 1.165) is 18.4 Å². The zero-order chi connectivity index (χ0) is 27.4. The second-order valence-corrected chi connectivity index (χ2v) is 11.8. The molecule has 0 radical (unpaired) electrons. The molecule has 0 aliphatic carbocycles. The Balaban J connectivity index is 1.85. The maximum absolute atomic E-state index is 15.0. The van der Waals surface area contributed by atoms with E-state index in [9.17, 15) is 22.4 Å². The van der Waals surface area contributed by atoms with Crippen LogP contribution in [-0.4, -0.2) is 67.3 Å². The summed E-state index contributed by atoms with van der Waals surface area (Å²) >= 11 is 0. The second kappa shape index (κ2) is 11.5. The molecular formula is C26H32FN3O6S. The number of carbonyl (C=O) groups excluding carboxylic acids is 1. The Morgan fingerprint density at radius 1 is 1.22 bits per heavy atom. The molecule has 0 aliphatic rings. The first-order chi connectivity index (χ1) is 17.4. The van der Waals surface area contributed by atoms with E-state index in [-0.39, 0.29) is 24.3 Å². The minimum Gasteiger partial charge on any atom is -0.383 e. The number of carbonyl (C=O) groups is 1. The van der Waals surface area contributed by atoms with Crippen LogP contribution < -0.4 is 11.0 Å². The summed E-state index contributed by atoms with van der Waals surface area (Å²) in [5.41, 5.74) is 2.88. The lowest BCUT2D eigenvalue weighted by Crippen LogP contribution is -2.49. The first-order valence-electron chi connectivity index (χ1n) is 11.6. The van der Waals surface area contributed by atoms with E-state index in [2.05, 4.69) is 0 Å². The van der Waals surface area contributed by atoms with E-state index in [1.165, 1.54) is 29.2 Å². The number of nitrogens with zero attached hydrogens (tertiary/aromatic N) is 2. The van der Waals surface area contributed by atoms with Crippen molar-refractivity contribution in [2.24, 2.45) is 0 Å². The minimum atomic E-state index is -3.89. The summed E-state index contributed by atoms with van der Waals surface area (Å²) in [7, 11) is -0.319. The van der Waals surface area contributed by atoms with E-state index < -0.39 is 20.5 Å². The molecular weight excluding hydrogens is 501 g/mol. The SMILES string of the molecule is COCCN(C)Cc1ccc(-c2ccc3c(=O)n(CC[C@@](C)(C(=O)NO)S(C)(=O)=O)ccc3c2)c(F)c1. The molecule has 2 aromatic carbocycles. The first-order valence-corrected chi connectivity index (χ1v) is 13.5. The second-order valence-electron chi connectivity index (χ2n) is 9.36. The number of rotatable bonds is 11. The molecule has 0 aliphatic heterocycles. The number of hydroxylamine groups is 1. The fourth-order valence-corrected chi connectivity index (χ4v) is 4.92. The number of sulfone groups is 1. The summed E-state index contributed by atoms with van der Waals surface area (Å²) in [5.74, 6) is -1.43. The number of ether oxygens (including phenoxy) is 1. The van der Waals surface area contributed by atoms with Crippen LogP contribution in [0.2, 0.25) is 0 Å². The third-order valence-electron chi connectivity index (χ3n) is 6.68. The third kappa shape index (κ3) is 6.24. The van der Waals surface area contributed by atoms with Gasteiger partial charge in [0.2, 0.25) is 0 Å². The van der Waals surface area contributed by atoms with Crippen molar-refractivity contribution in [2.75, 3.05) is 33.6 Å². The van der Waals surface area contributed by atoms with E-state index in [4.69, 9.17) is 9.94 Å². The van der Waals surface area contributed by atoms with Crippen LogP contribution in [0.4, 0.5) is 4.39 Å². The minimum absolute atomic E-state index is 0.0670. The van der Waals surface area contributed by atoms with Crippen LogP contribution in [0.25, 0.3) is 21.9 Å². The van der Waals surface area contributed by atoms with Gasteiger partial charge in [-0.15, -0.1) is 0 Å². The molecule has 0 saturated heterocycles. The molecule has 0 spiro atoms. The number of fused-ring (bicyclic) bond motifs is 1. The Morgan fingerprint density at radius 3 is 2.57 bits per heavy atom. The van der Waals surface area contributed by atoms with Crippen molar-refractivity contribution >= 4 is 26.5 Å². The van der Waals surface area contributed by atoms with Crippen LogP contribution in [-0.2, 0) is 32.5 Å². The lowest BCUT2D eigenvalue weighted by atomic mass is 10.00. The fraction of sp³-hybridized carbons (Fsp3) is 0.385. The van der Waals surface area contributed by atoms with Gasteiger partial charge >= 0.3 is 0 Å². The van der Waals surface area contributed by atoms with Crippen molar-refractivity contribution in [1.29, 1.82) is 0 Å². The summed E-state index contributed by atoms with van der Waals surface area (Å²) in [5, 5.41) is 9.95. The number of nitrogens with one attached hydrogen (secondary N) is 1. The molecule has 3 rings (SSSR count). The number of aryl methyl sites for hydroxylation is 1. The third-order valence-corrected chi connectivity index (χ3v) is 8.71. The van der Waals surface area contributed by atoms with Gasteiger partial charge in [0, 0.05) is 50.1 Å². The lowest BCUT2D eigenvalue weighted by molar-refractivity contribution is -0.131. The molecule has 2 N–H and O–H groups in total. The van der Waals surface area contributed by atoms with Gasteiger partial charge in [0.05, 0.1) is 6.61 Å². The van der Waals surface area contributed by atoms with Crippen molar-refractivity contribution < 1.29 is 27.5 Å². The first kappa shape index (κ1) is 28.5. The summed E-state index contributed by atoms with van der Waals surface area (Å²) in [6, 6.07) is 11.8. The number of pyridine rings is 1. The number of halogens is 1. The lowest BCUT2D eigenvalue weighted by Gasteiger charge is -2.25. The molecule has 11 heteroatoms. The quantitative estimate of drug-likeness (QED) is 0.287. The number of amides is 1. The highest BCUT2D eigenvalue weighted by molar-refractivity contribution is 7.92. The Morgan fingerprint density at radius 2 is 1.95 bits per heavy atom. The zero-order valence-corrected chi connectivity index (χ0v) is 22.1. The van der Waals surface area contributed by atoms with Crippen LogP contribution in [0.1, 0.15) is 18.9 Å². The topological polar surface area (TPSA) is 118 Å². The van der Waals surface area contributed by atoms with Gasteiger partial charge in [-0.2, -0.15) is 0 Å². The number of likely N-dealkylation sites (N-methyl/N-ethyl adjacent to an activating group) is 1. The van der Waals surface area contributed by atoms with Gasteiger partial charge < -0.3 is 9.30 Å². The van der Waals surface area contributed by atoms with Gasteiger partial charge in [-0.3, -0.25) is 19.7 Å². The van der Waals surface area contributed by atoms with E-state index in [0.29, 0.717) is 35.1 Å². The number of hydrogen-bond donors (Lipinski definition) is 2. The molecule has 1 atom stereocenters. The van der Waals surface area contributed by atoms with E-state index >= 15 is 0 Å². The van der Waals surface area contributed by atoms with Crippen molar-refractivity contribution in [1.82, 2.24) is 14.9 Å². The average molecular weight is 534 g/mol. The number of aromatic nitrogens is 1. The standard InChI is InChI=1S/C26H32FN3O6S/c1-26(25(32)28-33,37(4,34)35)10-12-30-11-9-20-16-19(6-8-22(20)24(30)31)21-7-5-18(15-23(21)27)17-29(2)13-14-36-3/h5-9,11,15-16,33H,10,12-14,17H2,1-4H3,(H,28,32)/t26-/m0/s1. The zero-order valence-electron chi connectivity index (χ0n) is 21.3. The molecule has 37 heavy (non-hydrogen) atoms. The van der Waals surface area contributed by atoms with Crippen LogP contribution >= 0.6 is 0 Å². The number of benzene rings is 2. The van der Waals surface area contributed by atoms with Crippen LogP contribution in [0.15, 0.2) is 53.5 Å². The van der Waals surface area contributed by atoms with Gasteiger partial charge in [-0.25, -0.2) is 18.3 Å². The monoisotopic (exact) mass is 533 g/mol. The molecule has 0 fully saturated rings. The Kier molecular flexibility index (Phi) is 8.85. The molecule has 1 heterocycles. The molecule has 200 valence electrons. The Labute approximate surface area is 215 Å². The summed E-state index contributed by atoms with van der Waals surface area (Å²) in [4.78, 5) is 27.1. The Bertz CT molecular complexity index is 1460. The normalized spacial score (nSPS) is 13.6. The van der Waals surface area contributed by atoms with Gasteiger partial charge in [0.1, 0.15) is 5.82 Å². The van der Waals surface area contributed by atoms with Gasteiger partial charge in [-0.1, -0.05) is 18.2 Å². The highest BCUT2D eigenvalue weighted by Gasteiger charge is 2.43. The molecule has 9 nitrogen and oxygen atoms in total. The van der Waals surface area contributed by atoms with Gasteiger partial charge in [0.25, 0.3) is 11.5 Å². The smallest absolute Gasteiger partial charge is 0.264 e. The molecule has 0 bridgehead atoms. The Hall–Kier alpha value is -3.12. The largest absolute Gasteiger partial charge is 0.383 e. The molecule has 0 saturated carbocycles. The van der Waals surface area contributed by atoms with Crippen LogP contribution in [0.5, 0.6) is 0 Å². The highest BCUT2D eigenvalue weighted by Crippen LogP contribution is 2.27. The molecule has 1 aromatic heterocycles. The fourth-order valence-electron chi connectivity index (χ4n) is 4.08. The van der Waals surface area contributed by atoms with Crippen LogP contribution in [0.3, 0.4) is 0 Å². The van der Waals surface area contributed by atoms with Crippen molar-refractivity contribution in [3.05, 3.63) is 70.4 Å². The summed E-state index contributed by atoms with van der Waals surface area (Å²) < 4.78 is 43.8. The van der Waals surface area contributed by atoms with E-state index in [1.54, 1.807) is 37.4 Å². The van der Waals surface area contributed by atoms with Gasteiger partial charge in [0.15, 0.2) is 14.6 Å². The molecule has 0 unspecified atom stereocenters. The summed E-state index contributed by atoms with van der Waals surface area (Å²) in [6.07, 6.45) is 2.18. The van der Waals surface area contributed by atoms with Crippen molar-refractivity contribution in [2.45, 2.75) is 31.2 Å². The predicted molar refractivity (Wildman–Crippen MR) is 140 cm³/mol. The average Bonchev–Trinajstić information content (AvgIpc) is 2.85. The number of hydrogen-bond acceptors (Lipinski definition) is 7. The van der Waals surface area contributed by atoms with Crippen molar-refractivity contribution in [3.8, 4) is 11.1 Å². The maximum Gasteiger partial charge on any atom is 0.264 e. The van der Waals surface area contributed by atoms with E-state index in [1.807, 2.05) is 18.0 Å². The highest BCUT2D eigenvalue weighted by atomic mass is 32.2.